The summed E-state index contributed by atoms with van der Waals surface area (Å²) in [5.41, 5.74) is 0. The Morgan fingerprint density at radius 2 is 1.76 bits per heavy atom. The van der Waals surface area contributed by atoms with Gasteiger partial charge in [0.2, 0.25) is 0 Å². The molecule has 0 bridgehead atoms. The summed E-state index contributed by atoms with van der Waals surface area (Å²) in [4.78, 5) is 10.9. The summed E-state index contributed by atoms with van der Waals surface area (Å²) < 4.78 is 28.4. The third-order valence-electron chi connectivity index (χ3n) is 4.46. The summed E-state index contributed by atoms with van der Waals surface area (Å²) in [6, 6.07) is -0.133. The van der Waals surface area contributed by atoms with Crippen LogP contribution in [0.4, 0.5) is 0 Å². The Balaban J connectivity index is 2.05. The molecule has 2 rings (SSSR count). The maximum Gasteiger partial charge on any atom is 0.306 e. The molecule has 2 N–H and O–H groups in total. The number of carboxylic acids is 1. The highest BCUT2D eigenvalue weighted by atomic mass is 32.2. The fraction of sp³-hybridized carbons (Fsp3) is 0.923. The van der Waals surface area contributed by atoms with Crippen molar-refractivity contribution in [3.63, 3.8) is 0 Å². The SMILES string of the molecule is O=C(O)C1CCN(S(=O)(=O)N2CCCCC2CCO)CC1. The van der Waals surface area contributed by atoms with Crippen molar-refractivity contribution >= 4 is 16.2 Å². The third-order valence-corrected chi connectivity index (χ3v) is 6.55. The summed E-state index contributed by atoms with van der Waals surface area (Å²) in [7, 11) is -3.54. The van der Waals surface area contributed by atoms with Gasteiger partial charge in [-0.25, -0.2) is 0 Å². The smallest absolute Gasteiger partial charge is 0.306 e. The van der Waals surface area contributed by atoms with Gasteiger partial charge in [-0.2, -0.15) is 17.0 Å². The van der Waals surface area contributed by atoms with Crippen LogP contribution in [0.5, 0.6) is 0 Å². The Kier molecular flexibility index (Phi) is 5.59. The van der Waals surface area contributed by atoms with E-state index in [1.54, 1.807) is 0 Å². The van der Waals surface area contributed by atoms with Crippen LogP contribution in [-0.4, -0.2) is 65.5 Å². The zero-order valence-corrected chi connectivity index (χ0v) is 13.0. The molecule has 8 heteroatoms. The molecular formula is C13H24N2O5S. The topological polar surface area (TPSA) is 98.2 Å². The summed E-state index contributed by atoms with van der Waals surface area (Å²) in [5.74, 6) is -1.28. The summed E-state index contributed by atoms with van der Waals surface area (Å²) in [6.07, 6.45) is 3.81. The van der Waals surface area contributed by atoms with Gasteiger partial charge in [0.15, 0.2) is 0 Å². The molecule has 0 aromatic heterocycles. The van der Waals surface area contributed by atoms with E-state index in [2.05, 4.69) is 0 Å². The Morgan fingerprint density at radius 1 is 1.10 bits per heavy atom. The number of carbonyl (C=O) groups is 1. The molecule has 0 radical (unpaired) electrons. The van der Waals surface area contributed by atoms with E-state index >= 15 is 0 Å². The van der Waals surface area contributed by atoms with E-state index in [0.29, 0.717) is 25.8 Å². The number of carboxylic acid groups (broad SMARTS) is 1. The predicted octanol–water partition coefficient (Wildman–Crippen LogP) is 0.265. The van der Waals surface area contributed by atoms with Gasteiger partial charge in [0.25, 0.3) is 10.2 Å². The van der Waals surface area contributed by atoms with Crippen LogP contribution in [0.15, 0.2) is 0 Å². The van der Waals surface area contributed by atoms with Crippen LogP contribution in [0.3, 0.4) is 0 Å². The molecule has 0 aromatic carbocycles. The standard InChI is InChI=1S/C13H24N2O5S/c16-10-6-12-3-1-2-7-15(12)21(19,20)14-8-4-11(5-9-14)13(17)18/h11-12,16H,1-10H2,(H,17,18). The van der Waals surface area contributed by atoms with Gasteiger partial charge in [-0.15, -0.1) is 0 Å². The Morgan fingerprint density at radius 3 is 2.33 bits per heavy atom. The summed E-state index contributed by atoms with van der Waals surface area (Å²) in [5, 5.41) is 18.1. The molecule has 0 spiro atoms. The van der Waals surface area contributed by atoms with Gasteiger partial charge in [-0.1, -0.05) is 6.42 Å². The number of piperidine rings is 2. The molecule has 2 saturated heterocycles. The maximum absolute atomic E-state index is 12.7. The number of rotatable bonds is 5. The highest BCUT2D eigenvalue weighted by Gasteiger charge is 2.38. The van der Waals surface area contributed by atoms with Gasteiger partial charge in [0.05, 0.1) is 5.92 Å². The largest absolute Gasteiger partial charge is 0.481 e. The van der Waals surface area contributed by atoms with E-state index in [1.807, 2.05) is 0 Å². The highest BCUT2D eigenvalue weighted by molar-refractivity contribution is 7.86. The fourth-order valence-corrected chi connectivity index (χ4v) is 5.11. The molecule has 1 atom stereocenters. The molecule has 7 nitrogen and oxygen atoms in total. The molecule has 2 aliphatic rings. The lowest BCUT2D eigenvalue weighted by Gasteiger charge is -2.39. The normalized spacial score (nSPS) is 26.8. The number of aliphatic hydroxyl groups is 1. The zero-order valence-electron chi connectivity index (χ0n) is 12.1. The number of aliphatic carboxylic acids is 1. The zero-order chi connectivity index (χ0) is 15.5. The van der Waals surface area contributed by atoms with Gasteiger partial charge >= 0.3 is 5.97 Å². The maximum atomic E-state index is 12.7. The predicted molar refractivity (Wildman–Crippen MR) is 76.9 cm³/mol. The molecule has 0 amide bonds. The molecule has 2 heterocycles. The van der Waals surface area contributed by atoms with Gasteiger partial charge in [0.1, 0.15) is 0 Å². The van der Waals surface area contributed by atoms with Crippen LogP contribution >= 0.6 is 0 Å². The van der Waals surface area contributed by atoms with E-state index in [4.69, 9.17) is 10.2 Å². The number of hydrogen-bond donors (Lipinski definition) is 2. The Labute approximate surface area is 125 Å². The van der Waals surface area contributed by atoms with Gasteiger partial charge < -0.3 is 10.2 Å². The van der Waals surface area contributed by atoms with Crippen molar-refractivity contribution in [2.24, 2.45) is 5.92 Å². The van der Waals surface area contributed by atoms with E-state index in [1.165, 1.54) is 8.61 Å². The lowest BCUT2D eigenvalue weighted by Crippen LogP contribution is -2.53. The summed E-state index contributed by atoms with van der Waals surface area (Å²) >= 11 is 0. The summed E-state index contributed by atoms with van der Waals surface area (Å²) in [6.45, 7) is 1.01. The molecule has 21 heavy (non-hydrogen) atoms. The molecule has 0 aromatic rings. The molecule has 0 aliphatic carbocycles. The second-order valence-electron chi connectivity index (χ2n) is 5.79. The lowest BCUT2D eigenvalue weighted by molar-refractivity contribution is -0.142. The second-order valence-corrected chi connectivity index (χ2v) is 7.67. The van der Waals surface area contributed by atoms with Crippen molar-refractivity contribution in [3.8, 4) is 0 Å². The van der Waals surface area contributed by atoms with Crippen molar-refractivity contribution in [2.75, 3.05) is 26.2 Å². The molecule has 1 unspecified atom stereocenters. The van der Waals surface area contributed by atoms with E-state index in [9.17, 15) is 13.2 Å². The molecular weight excluding hydrogens is 296 g/mol. The number of hydrogen-bond acceptors (Lipinski definition) is 4. The first kappa shape index (κ1) is 16.7. The molecule has 2 aliphatic heterocycles. The van der Waals surface area contributed by atoms with Crippen molar-refractivity contribution in [1.29, 1.82) is 0 Å². The minimum atomic E-state index is -3.54. The number of nitrogens with zero attached hydrogens (tertiary/aromatic N) is 2. The second kappa shape index (κ2) is 7.04. The third kappa shape index (κ3) is 3.74. The van der Waals surface area contributed by atoms with Crippen molar-refractivity contribution in [3.05, 3.63) is 0 Å². The van der Waals surface area contributed by atoms with Crippen LogP contribution in [0.25, 0.3) is 0 Å². The Bertz CT molecular complexity index is 457. The van der Waals surface area contributed by atoms with E-state index < -0.39 is 22.1 Å². The molecule has 2 fully saturated rings. The van der Waals surface area contributed by atoms with Crippen LogP contribution in [0.2, 0.25) is 0 Å². The average molecular weight is 320 g/mol. The van der Waals surface area contributed by atoms with Crippen molar-refractivity contribution < 1.29 is 23.4 Å². The van der Waals surface area contributed by atoms with Crippen LogP contribution in [0, 0.1) is 5.92 Å². The van der Waals surface area contributed by atoms with Crippen molar-refractivity contribution in [1.82, 2.24) is 8.61 Å². The van der Waals surface area contributed by atoms with Crippen LogP contribution in [-0.2, 0) is 15.0 Å². The van der Waals surface area contributed by atoms with Crippen LogP contribution in [0.1, 0.15) is 38.5 Å². The fourth-order valence-electron chi connectivity index (χ4n) is 3.20. The van der Waals surface area contributed by atoms with E-state index in [0.717, 1.165) is 19.3 Å². The molecule has 0 saturated carbocycles. The van der Waals surface area contributed by atoms with E-state index in [-0.39, 0.29) is 25.7 Å². The average Bonchev–Trinajstić information content (AvgIpc) is 2.48. The van der Waals surface area contributed by atoms with Crippen LogP contribution < -0.4 is 0 Å². The number of aliphatic hydroxyl groups excluding tert-OH is 1. The highest BCUT2D eigenvalue weighted by Crippen LogP contribution is 2.27. The molecule has 122 valence electrons. The van der Waals surface area contributed by atoms with Gasteiger partial charge in [0, 0.05) is 32.3 Å². The lowest BCUT2D eigenvalue weighted by atomic mass is 9.99. The van der Waals surface area contributed by atoms with Gasteiger partial charge in [-0.05, 0) is 32.1 Å². The minimum absolute atomic E-state index is 0.0161. The van der Waals surface area contributed by atoms with Crippen molar-refractivity contribution in [2.45, 2.75) is 44.6 Å². The monoisotopic (exact) mass is 320 g/mol. The Hall–Kier alpha value is -0.700. The first-order chi connectivity index (χ1) is 9.96. The first-order valence-corrected chi connectivity index (χ1v) is 8.97. The van der Waals surface area contributed by atoms with Gasteiger partial charge in [-0.3, -0.25) is 4.79 Å². The minimum Gasteiger partial charge on any atom is -0.481 e. The first-order valence-electron chi connectivity index (χ1n) is 7.57. The quantitative estimate of drug-likeness (QED) is 0.757.